The third-order valence-corrected chi connectivity index (χ3v) is 7.86. The summed E-state index contributed by atoms with van der Waals surface area (Å²) in [4.78, 5) is 0. The first-order chi connectivity index (χ1) is 13.3. The Kier molecular flexibility index (Phi) is 12.4. The summed E-state index contributed by atoms with van der Waals surface area (Å²) in [6, 6.07) is 0. The molecule has 6 nitrogen and oxygen atoms in total. The maximum Gasteiger partial charge on any atom is 0.184 e. The van der Waals surface area contributed by atoms with Crippen molar-refractivity contribution in [3.05, 3.63) is 0 Å². The fraction of sp³-hybridized carbons (Fsp3) is 1.00. The highest BCUT2D eigenvalue weighted by Crippen LogP contribution is 2.27. The molecule has 182 valence electrons. The number of hydrogen-bond acceptors (Lipinski definition) is 6. The zero-order valence-corrected chi connectivity index (χ0v) is 26.2. The second-order valence-corrected chi connectivity index (χ2v) is 29.7. The standard InChI is InChI=1S/C20H50O6Si4/c1-21-15-18(24-28(6,7)8)20(26-30(12,13)14)19(25-29(9,10)11)17(22-2)16-23-27(3,4)5/h17-20H,15-16H2,1-14H3/t17-,18+,19-,20-/m1/s1. The highest BCUT2D eigenvalue weighted by Gasteiger charge is 2.43. The van der Waals surface area contributed by atoms with Crippen molar-refractivity contribution >= 4 is 33.3 Å². The molecule has 0 radical (unpaired) electrons. The van der Waals surface area contributed by atoms with Gasteiger partial charge in [0.05, 0.1) is 25.4 Å². The molecular weight excluding hydrogens is 449 g/mol. The van der Waals surface area contributed by atoms with E-state index in [0.29, 0.717) is 13.2 Å². The minimum Gasteiger partial charge on any atom is -0.415 e. The van der Waals surface area contributed by atoms with Gasteiger partial charge in [-0.1, -0.05) is 0 Å². The lowest BCUT2D eigenvalue weighted by molar-refractivity contribution is -0.115. The second-order valence-electron chi connectivity index (χ2n) is 11.8. The quantitative estimate of drug-likeness (QED) is 0.291. The molecule has 0 saturated carbocycles. The van der Waals surface area contributed by atoms with E-state index in [0.717, 1.165) is 0 Å². The van der Waals surface area contributed by atoms with Crippen LogP contribution in [0.1, 0.15) is 0 Å². The molecule has 0 saturated heterocycles. The summed E-state index contributed by atoms with van der Waals surface area (Å²) in [7, 11) is -3.94. The van der Waals surface area contributed by atoms with E-state index >= 15 is 0 Å². The molecular formula is C20H50O6Si4. The lowest BCUT2D eigenvalue weighted by Gasteiger charge is -2.44. The number of hydrogen-bond donors (Lipinski definition) is 0. The maximum atomic E-state index is 6.75. The predicted octanol–water partition coefficient (Wildman–Crippen LogP) is 5.16. The molecule has 0 aromatic carbocycles. The SMILES string of the molecule is COC[C@H](O[Si](C)(C)C)[C@@H](O[Si](C)(C)C)[C@H](O[Si](C)(C)C)[C@@H](CO[Si](C)(C)C)OC. The van der Waals surface area contributed by atoms with Gasteiger partial charge in [0, 0.05) is 14.2 Å². The third kappa shape index (κ3) is 14.6. The van der Waals surface area contributed by atoms with Crippen molar-refractivity contribution in [3.8, 4) is 0 Å². The molecule has 0 fully saturated rings. The van der Waals surface area contributed by atoms with Crippen molar-refractivity contribution < 1.29 is 27.2 Å². The van der Waals surface area contributed by atoms with E-state index in [-0.39, 0.29) is 24.4 Å². The minimum absolute atomic E-state index is 0.223. The first-order valence-corrected chi connectivity index (χ1v) is 24.6. The summed E-state index contributed by atoms with van der Waals surface area (Å²) in [5.74, 6) is 0. The zero-order chi connectivity index (χ0) is 24.0. The molecule has 0 aliphatic rings. The van der Waals surface area contributed by atoms with E-state index in [4.69, 9.17) is 27.2 Å². The fourth-order valence-electron chi connectivity index (χ4n) is 2.97. The van der Waals surface area contributed by atoms with Gasteiger partial charge < -0.3 is 27.2 Å². The minimum atomic E-state index is -1.92. The van der Waals surface area contributed by atoms with Gasteiger partial charge in [-0.3, -0.25) is 0 Å². The van der Waals surface area contributed by atoms with Crippen LogP contribution in [-0.2, 0) is 27.2 Å². The van der Waals surface area contributed by atoms with E-state index in [1.54, 1.807) is 14.2 Å². The summed E-state index contributed by atoms with van der Waals surface area (Å²) in [6.07, 6.45) is -1.04. The molecule has 0 heterocycles. The van der Waals surface area contributed by atoms with Crippen molar-refractivity contribution in [1.82, 2.24) is 0 Å². The molecule has 30 heavy (non-hydrogen) atoms. The predicted molar refractivity (Wildman–Crippen MR) is 137 cm³/mol. The Morgan fingerprint density at radius 1 is 0.500 bits per heavy atom. The van der Waals surface area contributed by atoms with Crippen LogP contribution in [0.25, 0.3) is 0 Å². The normalized spacial score (nSPS) is 18.2. The third-order valence-electron chi connectivity index (χ3n) is 3.86. The van der Waals surface area contributed by atoms with E-state index in [9.17, 15) is 0 Å². The largest absolute Gasteiger partial charge is 0.415 e. The Bertz CT molecular complexity index is 480. The van der Waals surface area contributed by atoms with Crippen molar-refractivity contribution in [1.29, 1.82) is 0 Å². The van der Waals surface area contributed by atoms with Crippen LogP contribution in [0.15, 0.2) is 0 Å². The van der Waals surface area contributed by atoms with Crippen LogP contribution in [0.3, 0.4) is 0 Å². The molecule has 0 rings (SSSR count). The van der Waals surface area contributed by atoms with Crippen LogP contribution in [0.2, 0.25) is 78.6 Å². The van der Waals surface area contributed by atoms with Crippen LogP contribution >= 0.6 is 0 Å². The lowest BCUT2D eigenvalue weighted by atomic mass is 10.0. The van der Waals surface area contributed by atoms with Crippen LogP contribution in [0.5, 0.6) is 0 Å². The average Bonchev–Trinajstić information content (AvgIpc) is 2.47. The Hall–Kier alpha value is 0.628. The smallest absolute Gasteiger partial charge is 0.184 e. The Balaban J connectivity index is 6.20. The van der Waals surface area contributed by atoms with Crippen molar-refractivity contribution in [2.45, 2.75) is 103 Å². The van der Waals surface area contributed by atoms with E-state index < -0.39 is 33.3 Å². The highest BCUT2D eigenvalue weighted by atomic mass is 28.4. The molecule has 0 aliphatic heterocycles. The molecule has 0 spiro atoms. The number of methoxy groups -OCH3 is 2. The maximum absolute atomic E-state index is 6.75. The molecule has 10 heteroatoms. The first-order valence-electron chi connectivity index (χ1n) is 11.0. The first kappa shape index (κ1) is 30.6. The topological polar surface area (TPSA) is 55.4 Å². The monoisotopic (exact) mass is 498 g/mol. The van der Waals surface area contributed by atoms with Gasteiger partial charge in [-0.25, -0.2) is 0 Å². The number of ether oxygens (including phenoxy) is 2. The van der Waals surface area contributed by atoms with E-state index in [2.05, 4.69) is 78.6 Å². The summed E-state index contributed by atoms with van der Waals surface area (Å²) in [6.45, 7) is 27.3. The molecule has 0 bridgehead atoms. The second kappa shape index (κ2) is 12.2. The Morgan fingerprint density at radius 3 is 1.20 bits per heavy atom. The van der Waals surface area contributed by atoms with Gasteiger partial charge in [0.15, 0.2) is 33.3 Å². The Labute approximate surface area is 190 Å². The molecule has 0 unspecified atom stereocenters. The molecule has 0 aliphatic carbocycles. The van der Waals surface area contributed by atoms with Gasteiger partial charge in [0.1, 0.15) is 12.2 Å². The van der Waals surface area contributed by atoms with Crippen LogP contribution in [0, 0.1) is 0 Å². The lowest BCUT2D eigenvalue weighted by Crippen LogP contribution is -2.59. The molecule has 0 aromatic heterocycles. The van der Waals surface area contributed by atoms with Crippen molar-refractivity contribution in [2.75, 3.05) is 27.4 Å². The van der Waals surface area contributed by atoms with E-state index in [1.165, 1.54) is 0 Å². The van der Waals surface area contributed by atoms with Gasteiger partial charge >= 0.3 is 0 Å². The van der Waals surface area contributed by atoms with Gasteiger partial charge in [0.25, 0.3) is 0 Å². The van der Waals surface area contributed by atoms with Gasteiger partial charge in [-0.2, -0.15) is 0 Å². The molecule has 0 aromatic rings. The van der Waals surface area contributed by atoms with Gasteiger partial charge in [0.2, 0.25) is 0 Å². The molecule has 0 amide bonds. The van der Waals surface area contributed by atoms with Crippen LogP contribution in [0.4, 0.5) is 0 Å². The van der Waals surface area contributed by atoms with Crippen LogP contribution in [-0.4, -0.2) is 85.1 Å². The van der Waals surface area contributed by atoms with E-state index in [1.807, 2.05) is 0 Å². The Morgan fingerprint density at radius 2 is 0.900 bits per heavy atom. The number of rotatable bonds is 15. The van der Waals surface area contributed by atoms with Crippen molar-refractivity contribution in [2.24, 2.45) is 0 Å². The van der Waals surface area contributed by atoms with Gasteiger partial charge in [-0.05, 0) is 78.6 Å². The van der Waals surface area contributed by atoms with Crippen LogP contribution < -0.4 is 0 Å². The highest BCUT2D eigenvalue weighted by molar-refractivity contribution is 6.71. The average molecular weight is 499 g/mol. The van der Waals surface area contributed by atoms with Gasteiger partial charge in [-0.15, -0.1) is 0 Å². The molecule has 4 atom stereocenters. The summed E-state index contributed by atoms with van der Waals surface area (Å²) >= 11 is 0. The fourth-order valence-corrected chi connectivity index (χ4v) is 6.95. The molecule has 0 N–H and O–H groups in total. The summed E-state index contributed by atoms with van der Waals surface area (Å²) in [5, 5.41) is 0. The summed E-state index contributed by atoms with van der Waals surface area (Å²) < 4.78 is 37.8. The van der Waals surface area contributed by atoms with Crippen molar-refractivity contribution in [3.63, 3.8) is 0 Å². The summed E-state index contributed by atoms with van der Waals surface area (Å²) in [5.41, 5.74) is 0. The zero-order valence-electron chi connectivity index (χ0n) is 22.2.